The molecule has 2 unspecified atom stereocenters. The number of carbonyl (C=O) groups excluding carboxylic acids is 1. The number of ketones is 1. The lowest BCUT2D eigenvalue weighted by Crippen LogP contribution is -2.37. The highest BCUT2D eigenvalue weighted by Crippen LogP contribution is 2.32. The third-order valence-electron chi connectivity index (χ3n) is 4.46. The molecule has 142 valence electrons. The minimum Gasteiger partial charge on any atom is -0.504 e. The molecule has 3 atom stereocenters. The van der Waals surface area contributed by atoms with Crippen LogP contribution in [0.25, 0.3) is 0 Å². The zero-order valence-electron chi connectivity index (χ0n) is 14.9. The number of rotatable bonds is 12. The van der Waals surface area contributed by atoms with Gasteiger partial charge in [-0.2, -0.15) is 12.6 Å². The Labute approximate surface area is 155 Å². The Morgan fingerprint density at radius 1 is 1.16 bits per heavy atom. The maximum Gasteiger partial charge on any atom is 0.157 e. The second-order valence-electron chi connectivity index (χ2n) is 6.58. The van der Waals surface area contributed by atoms with Gasteiger partial charge in [0.25, 0.3) is 0 Å². The number of hydrogen-bond acceptors (Lipinski definition) is 6. The highest BCUT2D eigenvalue weighted by molar-refractivity contribution is 7.80. The number of phenols is 2. The smallest absolute Gasteiger partial charge is 0.157 e. The average Bonchev–Trinajstić information content (AvgIpc) is 2.60. The van der Waals surface area contributed by atoms with E-state index < -0.39 is 18.1 Å². The second-order valence-corrected chi connectivity index (χ2v) is 6.95. The maximum absolute atomic E-state index is 12.6. The van der Waals surface area contributed by atoms with E-state index in [0.717, 1.165) is 19.3 Å². The van der Waals surface area contributed by atoms with Crippen LogP contribution in [0, 0.1) is 0 Å². The average molecular weight is 370 g/mol. The Kier molecular flexibility index (Phi) is 9.93. The van der Waals surface area contributed by atoms with Gasteiger partial charge in [-0.15, -0.1) is 0 Å². The van der Waals surface area contributed by atoms with E-state index in [0.29, 0.717) is 12.0 Å². The summed E-state index contributed by atoms with van der Waals surface area (Å²) in [6, 6.07) is 3.54. The van der Waals surface area contributed by atoms with Crippen molar-refractivity contribution in [1.82, 2.24) is 0 Å². The lowest BCUT2D eigenvalue weighted by molar-refractivity contribution is -0.122. The number of aliphatic hydroxyl groups excluding tert-OH is 1. The number of aromatic hydroxyl groups is 2. The van der Waals surface area contributed by atoms with Crippen molar-refractivity contribution in [2.75, 3.05) is 5.75 Å². The lowest BCUT2D eigenvalue weighted by Gasteiger charge is -2.22. The van der Waals surface area contributed by atoms with E-state index in [2.05, 4.69) is 19.6 Å². The summed E-state index contributed by atoms with van der Waals surface area (Å²) in [6.07, 6.45) is 5.78. The highest BCUT2D eigenvalue weighted by Gasteiger charge is 2.28. The molecule has 1 rings (SSSR count). The summed E-state index contributed by atoms with van der Waals surface area (Å²) in [6.45, 7) is 2.16. The first kappa shape index (κ1) is 21.8. The Morgan fingerprint density at radius 2 is 1.84 bits per heavy atom. The van der Waals surface area contributed by atoms with Gasteiger partial charge in [-0.05, 0) is 30.5 Å². The molecule has 0 saturated heterocycles. The minimum absolute atomic E-state index is 0.215. The van der Waals surface area contributed by atoms with E-state index in [1.54, 1.807) is 6.07 Å². The summed E-state index contributed by atoms with van der Waals surface area (Å²) in [5.41, 5.74) is 6.38. The Bertz CT molecular complexity index is 538. The minimum atomic E-state index is -0.735. The summed E-state index contributed by atoms with van der Waals surface area (Å²) in [4.78, 5) is 12.6. The molecule has 0 aliphatic carbocycles. The zero-order chi connectivity index (χ0) is 18.8. The predicted molar refractivity (Wildman–Crippen MR) is 103 cm³/mol. The van der Waals surface area contributed by atoms with E-state index in [1.807, 2.05) is 0 Å². The Hall–Kier alpha value is -1.24. The van der Waals surface area contributed by atoms with Crippen molar-refractivity contribution in [3.05, 3.63) is 23.8 Å². The quantitative estimate of drug-likeness (QED) is 0.221. The van der Waals surface area contributed by atoms with Crippen molar-refractivity contribution in [2.24, 2.45) is 5.73 Å². The molecule has 0 radical (unpaired) electrons. The number of phenolic OH excluding ortho intramolecular Hbond substituents is 2. The molecule has 0 fully saturated rings. The zero-order valence-corrected chi connectivity index (χ0v) is 15.8. The fraction of sp³-hybridized carbons (Fsp3) is 0.632. The van der Waals surface area contributed by atoms with Crippen molar-refractivity contribution >= 4 is 18.4 Å². The number of nitrogens with two attached hydrogens (primary N) is 1. The van der Waals surface area contributed by atoms with Crippen LogP contribution in [-0.2, 0) is 4.79 Å². The van der Waals surface area contributed by atoms with Gasteiger partial charge >= 0.3 is 0 Å². The topological polar surface area (TPSA) is 104 Å². The molecule has 5 nitrogen and oxygen atoms in total. The monoisotopic (exact) mass is 369 g/mol. The molecule has 0 aliphatic rings. The van der Waals surface area contributed by atoms with Gasteiger partial charge in [0.2, 0.25) is 0 Å². The fourth-order valence-electron chi connectivity index (χ4n) is 2.90. The number of Topliss-reactive ketones (excluding diaryl/α,β-unsaturated/α-hetero) is 1. The van der Waals surface area contributed by atoms with E-state index in [9.17, 15) is 20.1 Å². The van der Waals surface area contributed by atoms with Crippen LogP contribution in [0.5, 0.6) is 11.5 Å². The Balaban J connectivity index is 2.77. The summed E-state index contributed by atoms with van der Waals surface area (Å²) < 4.78 is 0. The van der Waals surface area contributed by atoms with Crippen LogP contribution in [0.1, 0.15) is 63.4 Å². The molecular weight excluding hydrogens is 338 g/mol. The molecule has 6 heteroatoms. The van der Waals surface area contributed by atoms with E-state index in [4.69, 9.17) is 5.73 Å². The molecule has 5 N–H and O–H groups in total. The summed E-state index contributed by atoms with van der Waals surface area (Å²) in [7, 11) is 0. The number of hydrogen-bond donors (Lipinski definition) is 5. The number of unbranched alkanes of at least 4 members (excludes halogenated alkanes) is 4. The van der Waals surface area contributed by atoms with Crippen molar-refractivity contribution in [3.8, 4) is 11.5 Å². The molecule has 1 aromatic rings. The molecular formula is C19H31NO4S. The third kappa shape index (κ3) is 7.26. The van der Waals surface area contributed by atoms with Crippen LogP contribution >= 0.6 is 12.6 Å². The number of carbonyl (C=O) groups is 1. The Morgan fingerprint density at radius 3 is 2.44 bits per heavy atom. The van der Waals surface area contributed by atoms with Crippen molar-refractivity contribution in [2.45, 2.75) is 69.9 Å². The van der Waals surface area contributed by atoms with Crippen LogP contribution < -0.4 is 5.73 Å². The summed E-state index contributed by atoms with van der Waals surface area (Å²) >= 11 is 4.08. The van der Waals surface area contributed by atoms with Crippen molar-refractivity contribution < 1.29 is 20.1 Å². The molecule has 25 heavy (non-hydrogen) atoms. The van der Waals surface area contributed by atoms with Gasteiger partial charge in [0.1, 0.15) is 0 Å². The van der Waals surface area contributed by atoms with E-state index >= 15 is 0 Å². The van der Waals surface area contributed by atoms with Gasteiger partial charge < -0.3 is 21.1 Å². The molecule has 0 aromatic heterocycles. The standard InChI is InChI=1S/C19H31NO4S/c1-2-3-4-5-6-7-14(21)11-15(19(24)16(20)12-25)13-8-9-17(22)18(23)10-13/h8-10,14-16,21-23,25H,2-7,11-12,20H2,1H3/t14?,15?,16-/m1/s1. The number of thiol groups is 1. The van der Waals surface area contributed by atoms with Crippen molar-refractivity contribution in [1.29, 1.82) is 0 Å². The van der Waals surface area contributed by atoms with Crippen LogP contribution in [0.3, 0.4) is 0 Å². The second kappa shape index (κ2) is 11.4. The van der Waals surface area contributed by atoms with Gasteiger partial charge in [0, 0.05) is 11.7 Å². The first-order valence-corrected chi connectivity index (χ1v) is 9.64. The molecule has 0 saturated carbocycles. The first-order valence-electron chi connectivity index (χ1n) is 9.00. The van der Waals surface area contributed by atoms with Gasteiger partial charge in [-0.1, -0.05) is 45.1 Å². The predicted octanol–water partition coefficient (Wildman–Crippen LogP) is 3.12. The molecule has 1 aromatic carbocycles. The van der Waals surface area contributed by atoms with Crippen LogP contribution in [0.4, 0.5) is 0 Å². The maximum atomic E-state index is 12.6. The van der Waals surface area contributed by atoms with Crippen LogP contribution in [0.15, 0.2) is 18.2 Å². The molecule has 0 spiro atoms. The normalized spacial score (nSPS) is 14.9. The van der Waals surface area contributed by atoms with Gasteiger partial charge in [0.05, 0.1) is 12.1 Å². The SMILES string of the molecule is CCCCCCCC(O)CC(C(=O)[C@H](N)CS)c1ccc(O)c(O)c1. The van der Waals surface area contributed by atoms with Gasteiger partial charge in [0.15, 0.2) is 17.3 Å². The van der Waals surface area contributed by atoms with Gasteiger partial charge in [-0.3, -0.25) is 4.79 Å². The first-order chi connectivity index (χ1) is 11.9. The van der Waals surface area contributed by atoms with E-state index in [1.165, 1.54) is 25.0 Å². The summed E-state index contributed by atoms with van der Waals surface area (Å²) in [5.74, 6) is -1.16. The van der Waals surface area contributed by atoms with Crippen molar-refractivity contribution in [3.63, 3.8) is 0 Å². The largest absolute Gasteiger partial charge is 0.504 e. The summed E-state index contributed by atoms with van der Waals surface area (Å²) in [5, 5.41) is 29.5. The molecule has 0 aliphatic heterocycles. The van der Waals surface area contributed by atoms with Gasteiger partial charge in [-0.25, -0.2) is 0 Å². The fourth-order valence-corrected chi connectivity index (χ4v) is 3.08. The molecule has 0 amide bonds. The highest BCUT2D eigenvalue weighted by atomic mass is 32.1. The molecule has 0 bridgehead atoms. The number of aliphatic hydroxyl groups is 1. The molecule has 0 heterocycles. The van der Waals surface area contributed by atoms with Crippen LogP contribution in [0.2, 0.25) is 0 Å². The lowest BCUT2D eigenvalue weighted by atomic mass is 9.85. The van der Waals surface area contributed by atoms with Crippen LogP contribution in [-0.4, -0.2) is 39.0 Å². The number of benzene rings is 1. The van der Waals surface area contributed by atoms with E-state index in [-0.39, 0.29) is 29.5 Å². The third-order valence-corrected chi connectivity index (χ3v) is 4.85.